The average molecular weight is 509 g/mol. The van der Waals surface area contributed by atoms with Gasteiger partial charge in [-0.1, -0.05) is 51.1 Å². The summed E-state index contributed by atoms with van der Waals surface area (Å²) in [5.74, 6) is 0.683. The highest BCUT2D eigenvalue weighted by molar-refractivity contribution is 7.92. The van der Waals surface area contributed by atoms with Gasteiger partial charge in [0.1, 0.15) is 12.3 Å². The maximum absolute atomic E-state index is 13.6. The molecule has 0 bridgehead atoms. The minimum Gasteiger partial charge on any atom is -0.496 e. The van der Waals surface area contributed by atoms with Crippen molar-refractivity contribution in [1.29, 1.82) is 0 Å². The van der Waals surface area contributed by atoms with Crippen LogP contribution in [0.25, 0.3) is 0 Å². The van der Waals surface area contributed by atoms with E-state index in [9.17, 15) is 13.2 Å². The Morgan fingerprint density at radius 1 is 0.972 bits per heavy atom. The third-order valence-corrected chi connectivity index (χ3v) is 8.12. The van der Waals surface area contributed by atoms with Crippen LogP contribution in [0.3, 0.4) is 0 Å². The van der Waals surface area contributed by atoms with Crippen LogP contribution < -0.4 is 14.4 Å². The van der Waals surface area contributed by atoms with Gasteiger partial charge in [-0.3, -0.25) is 9.10 Å². The lowest BCUT2D eigenvalue weighted by molar-refractivity contribution is -0.120. The molecule has 1 N–H and O–H groups in total. The first kappa shape index (κ1) is 27.3. The Hall–Kier alpha value is -3.32. The van der Waals surface area contributed by atoms with Gasteiger partial charge in [-0.2, -0.15) is 0 Å². The van der Waals surface area contributed by atoms with Crippen molar-refractivity contribution in [1.82, 2.24) is 5.32 Å². The number of nitrogens with one attached hydrogen (secondary N) is 1. The third kappa shape index (κ3) is 6.08. The Kier molecular flexibility index (Phi) is 8.79. The smallest absolute Gasteiger partial charge is 0.264 e. The number of sulfonamides is 1. The van der Waals surface area contributed by atoms with Crippen LogP contribution in [0, 0.1) is 6.92 Å². The van der Waals surface area contributed by atoms with Crippen molar-refractivity contribution in [3.05, 3.63) is 89.0 Å². The number of amides is 1. The Morgan fingerprint density at radius 2 is 1.61 bits per heavy atom. The van der Waals surface area contributed by atoms with Crippen LogP contribution in [-0.4, -0.2) is 28.0 Å². The first-order chi connectivity index (χ1) is 17.1. The van der Waals surface area contributed by atoms with Gasteiger partial charge < -0.3 is 10.1 Å². The molecule has 0 aliphatic rings. The molecule has 3 aromatic carbocycles. The van der Waals surface area contributed by atoms with E-state index in [-0.39, 0.29) is 29.3 Å². The van der Waals surface area contributed by atoms with Gasteiger partial charge in [0.15, 0.2) is 0 Å². The number of benzene rings is 3. The zero-order valence-electron chi connectivity index (χ0n) is 21.9. The molecule has 0 radical (unpaired) electrons. The van der Waals surface area contributed by atoms with Gasteiger partial charge in [-0.15, -0.1) is 0 Å². The molecule has 0 aliphatic carbocycles. The van der Waals surface area contributed by atoms with Gasteiger partial charge in [0.2, 0.25) is 5.91 Å². The van der Waals surface area contributed by atoms with E-state index in [4.69, 9.17) is 4.74 Å². The quantitative estimate of drug-likeness (QED) is 0.378. The minimum atomic E-state index is -3.95. The van der Waals surface area contributed by atoms with E-state index in [0.717, 1.165) is 34.4 Å². The molecule has 36 heavy (non-hydrogen) atoms. The lowest BCUT2D eigenvalue weighted by Gasteiger charge is -2.26. The SMILES string of the molecule is CCc1ccc(N(CC(=O)N[C@H](C)c2cc(C(C)C)c(OC)cc2C)S(=O)(=O)c2ccccc2)cc1. The van der Waals surface area contributed by atoms with Crippen LogP contribution in [0.4, 0.5) is 5.69 Å². The maximum atomic E-state index is 13.6. The highest BCUT2D eigenvalue weighted by Gasteiger charge is 2.28. The summed E-state index contributed by atoms with van der Waals surface area (Å²) in [7, 11) is -2.30. The van der Waals surface area contributed by atoms with E-state index in [1.807, 2.05) is 39.0 Å². The van der Waals surface area contributed by atoms with Crippen molar-refractivity contribution in [3.8, 4) is 5.75 Å². The van der Waals surface area contributed by atoms with Crippen LogP contribution in [0.5, 0.6) is 5.75 Å². The lowest BCUT2D eigenvalue weighted by Crippen LogP contribution is -2.41. The molecule has 0 heterocycles. The summed E-state index contributed by atoms with van der Waals surface area (Å²) < 4.78 is 33.8. The number of anilines is 1. The van der Waals surface area contributed by atoms with E-state index in [1.54, 1.807) is 37.4 Å². The molecule has 0 fully saturated rings. The highest BCUT2D eigenvalue weighted by Crippen LogP contribution is 2.32. The van der Waals surface area contributed by atoms with E-state index < -0.39 is 10.0 Å². The van der Waals surface area contributed by atoms with E-state index in [2.05, 4.69) is 25.2 Å². The molecular weight excluding hydrogens is 472 g/mol. The molecule has 3 aromatic rings. The van der Waals surface area contributed by atoms with E-state index in [0.29, 0.717) is 5.69 Å². The number of aryl methyl sites for hydroxylation is 2. The monoisotopic (exact) mass is 508 g/mol. The minimum absolute atomic E-state index is 0.137. The number of ether oxygens (including phenoxy) is 1. The summed E-state index contributed by atoms with van der Waals surface area (Å²) in [5, 5.41) is 3.00. The van der Waals surface area contributed by atoms with E-state index >= 15 is 0 Å². The molecule has 1 amide bonds. The molecule has 0 spiro atoms. The molecule has 0 aromatic heterocycles. The highest BCUT2D eigenvalue weighted by atomic mass is 32.2. The molecule has 0 saturated carbocycles. The molecule has 6 nitrogen and oxygen atoms in total. The van der Waals surface area contributed by atoms with Crippen LogP contribution in [0.1, 0.15) is 61.9 Å². The summed E-state index contributed by atoms with van der Waals surface area (Å²) >= 11 is 0. The summed E-state index contributed by atoms with van der Waals surface area (Å²) in [6, 6.07) is 19.2. The van der Waals surface area contributed by atoms with Crippen LogP contribution in [0.15, 0.2) is 71.6 Å². The summed E-state index contributed by atoms with van der Waals surface area (Å²) in [6.07, 6.45) is 0.837. The number of nitrogens with zero attached hydrogens (tertiary/aromatic N) is 1. The zero-order chi connectivity index (χ0) is 26.5. The molecule has 1 atom stereocenters. The molecule has 192 valence electrons. The molecule has 0 unspecified atom stereocenters. The topological polar surface area (TPSA) is 75.7 Å². The van der Waals surface area contributed by atoms with Crippen molar-refractivity contribution in [2.24, 2.45) is 0 Å². The largest absolute Gasteiger partial charge is 0.496 e. The fourth-order valence-electron chi connectivity index (χ4n) is 4.24. The number of hydrogen-bond donors (Lipinski definition) is 1. The fraction of sp³-hybridized carbons (Fsp3) is 0.345. The summed E-state index contributed by atoms with van der Waals surface area (Å²) in [4.78, 5) is 13.4. The second-order valence-electron chi connectivity index (χ2n) is 9.24. The first-order valence-electron chi connectivity index (χ1n) is 12.2. The van der Waals surface area contributed by atoms with Crippen molar-refractivity contribution < 1.29 is 17.9 Å². The predicted octanol–water partition coefficient (Wildman–Crippen LogP) is 5.76. The zero-order valence-corrected chi connectivity index (χ0v) is 22.7. The second-order valence-corrected chi connectivity index (χ2v) is 11.1. The van der Waals surface area contributed by atoms with Gasteiger partial charge in [0.25, 0.3) is 10.0 Å². The number of carbonyl (C=O) groups excluding carboxylic acids is 1. The average Bonchev–Trinajstić information content (AvgIpc) is 2.87. The maximum Gasteiger partial charge on any atom is 0.264 e. The van der Waals surface area contributed by atoms with Crippen LogP contribution in [-0.2, 0) is 21.2 Å². The molecule has 0 saturated heterocycles. The van der Waals surface area contributed by atoms with Crippen LogP contribution >= 0.6 is 0 Å². The van der Waals surface area contributed by atoms with Gasteiger partial charge in [0.05, 0.1) is 23.7 Å². The van der Waals surface area contributed by atoms with Crippen molar-refractivity contribution in [2.75, 3.05) is 18.0 Å². The van der Waals surface area contributed by atoms with E-state index in [1.165, 1.54) is 16.4 Å². The lowest BCUT2D eigenvalue weighted by atomic mass is 9.93. The Balaban J connectivity index is 1.90. The third-order valence-electron chi connectivity index (χ3n) is 6.34. The standard InChI is InChI=1S/C29H36N2O4S/c1-7-23-13-15-24(16-14-23)31(36(33,34)25-11-9-8-10-12-25)19-29(32)30-22(5)27-18-26(20(2)3)28(35-6)17-21(27)4/h8-18,20,22H,7,19H2,1-6H3,(H,30,32)/t22-/m1/s1. The summed E-state index contributed by atoms with van der Waals surface area (Å²) in [5.41, 5.74) is 4.56. The van der Waals surface area contributed by atoms with Gasteiger partial charge in [-0.25, -0.2) is 8.42 Å². The molecule has 7 heteroatoms. The Bertz CT molecular complexity index is 1290. The molecule has 0 aliphatic heterocycles. The molecular formula is C29H36N2O4S. The Morgan fingerprint density at radius 3 is 2.17 bits per heavy atom. The molecule has 3 rings (SSSR count). The van der Waals surface area contributed by atoms with Gasteiger partial charge in [-0.05, 0) is 84.8 Å². The van der Waals surface area contributed by atoms with Crippen molar-refractivity contribution in [3.63, 3.8) is 0 Å². The number of hydrogen-bond acceptors (Lipinski definition) is 4. The van der Waals surface area contributed by atoms with Gasteiger partial charge >= 0.3 is 0 Å². The van der Waals surface area contributed by atoms with Crippen molar-refractivity contribution in [2.45, 2.75) is 57.9 Å². The number of methoxy groups -OCH3 is 1. The normalized spacial score (nSPS) is 12.3. The first-order valence-corrected chi connectivity index (χ1v) is 13.7. The number of carbonyl (C=O) groups is 1. The summed E-state index contributed by atoms with van der Waals surface area (Å²) in [6.45, 7) is 9.77. The number of rotatable bonds is 10. The van der Waals surface area contributed by atoms with Crippen LogP contribution in [0.2, 0.25) is 0 Å². The second kappa shape index (κ2) is 11.6. The fourth-order valence-corrected chi connectivity index (χ4v) is 5.68. The van der Waals surface area contributed by atoms with Gasteiger partial charge in [0, 0.05) is 0 Å². The predicted molar refractivity (Wildman–Crippen MR) is 145 cm³/mol. The Labute approximate surface area is 215 Å². The van der Waals surface area contributed by atoms with Crippen molar-refractivity contribution >= 4 is 21.6 Å².